The number of hydrogen-bond donors (Lipinski definition) is 2. The molecule has 1 saturated heterocycles. The molecule has 17 heavy (non-hydrogen) atoms. The molecule has 0 saturated carbocycles. The van der Waals surface area contributed by atoms with E-state index in [9.17, 15) is 9.59 Å². The Balaban J connectivity index is 2.50. The van der Waals surface area contributed by atoms with E-state index >= 15 is 0 Å². The molecule has 0 spiro atoms. The third kappa shape index (κ3) is 3.47. The van der Waals surface area contributed by atoms with Crippen LogP contribution in [0.3, 0.4) is 0 Å². The molecule has 1 aliphatic rings. The van der Waals surface area contributed by atoms with Crippen LogP contribution in [0.25, 0.3) is 0 Å². The monoisotopic (exact) mass is 240 g/mol. The molecule has 1 fully saturated rings. The zero-order valence-corrected chi connectivity index (χ0v) is 10.3. The normalized spacial score (nSPS) is 25.4. The fourth-order valence-electron chi connectivity index (χ4n) is 2.07. The molecule has 0 aromatic carbocycles. The van der Waals surface area contributed by atoms with E-state index in [-0.39, 0.29) is 18.0 Å². The zero-order chi connectivity index (χ0) is 13.0. The molecular weight excluding hydrogens is 220 g/mol. The lowest BCUT2D eigenvalue weighted by atomic mass is 9.99. The third-order valence-corrected chi connectivity index (χ3v) is 3.11. The molecule has 5 nitrogen and oxygen atoms in total. The van der Waals surface area contributed by atoms with E-state index in [4.69, 9.17) is 5.11 Å². The molecule has 5 heteroatoms. The highest BCUT2D eigenvalue weighted by molar-refractivity contribution is 5.77. The van der Waals surface area contributed by atoms with E-state index < -0.39 is 11.9 Å². The molecule has 0 radical (unpaired) electrons. The molecule has 3 atom stereocenters. The highest BCUT2D eigenvalue weighted by atomic mass is 16.4. The van der Waals surface area contributed by atoms with Gasteiger partial charge in [0.15, 0.2) is 0 Å². The van der Waals surface area contributed by atoms with E-state index in [1.807, 2.05) is 13.8 Å². The Morgan fingerprint density at radius 1 is 1.59 bits per heavy atom. The Kier molecular flexibility index (Phi) is 4.54. The summed E-state index contributed by atoms with van der Waals surface area (Å²) in [6.07, 6.45) is 2.45. The number of carbonyl (C=O) groups is 2. The fourth-order valence-corrected chi connectivity index (χ4v) is 2.07. The Morgan fingerprint density at radius 3 is 2.71 bits per heavy atom. The van der Waals surface area contributed by atoms with Gasteiger partial charge in [-0.2, -0.15) is 0 Å². The first-order valence-electron chi connectivity index (χ1n) is 5.84. The average Bonchev–Trinajstić information content (AvgIpc) is 2.60. The largest absolute Gasteiger partial charge is 0.481 e. The maximum absolute atomic E-state index is 11.8. The molecule has 0 aromatic rings. The van der Waals surface area contributed by atoms with E-state index in [1.165, 1.54) is 0 Å². The minimum absolute atomic E-state index is 0.00737. The van der Waals surface area contributed by atoms with Crippen molar-refractivity contribution in [1.29, 1.82) is 0 Å². The molecule has 2 N–H and O–H groups in total. The van der Waals surface area contributed by atoms with Crippen molar-refractivity contribution in [2.45, 2.75) is 26.3 Å². The number of urea groups is 1. The molecule has 1 heterocycles. The maximum atomic E-state index is 11.8. The molecule has 0 bridgehead atoms. The lowest BCUT2D eigenvalue weighted by Crippen LogP contribution is -2.43. The highest BCUT2D eigenvalue weighted by Gasteiger charge is 2.37. The number of amides is 2. The standard InChI is InChI=1S/C12H20N2O3/c1-4-5-9(3)13-12(17)14-6-8(2)10(7-14)11(15)16/h4,8-10H,1,5-7H2,2-3H3,(H,13,17)(H,15,16)/t8-,9?,10-/m1/s1. The van der Waals surface area contributed by atoms with Crippen molar-refractivity contribution in [2.75, 3.05) is 13.1 Å². The van der Waals surface area contributed by atoms with E-state index in [0.29, 0.717) is 19.5 Å². The van der Waals surface area contributed by atoms with Gasteiger partial charge >= 0.3 is 12.0 Å². The number of nitrogens with zero attached hydrogens (tertiary/aromatic N) is 1. The first-order chi connectivity index (χ1) is 7.95. The Bertz CT molecular complexity index is 317. The average molecular weight is 240 g/mol. The number of carbonyl (C=O) groups excluding carboxylic acids is 1. The Labute approximate surface area is 101 Å². The van der Waals surface area contributed by atoms with E-state index in [2.05, 4.69) is 11.9 Å². The van der Waals surface area contributed by atoms with Crippen molar-refractivity contribution in [3.8, 4) is 0 Å². The molecular formula is C12H20N2O3. The number of carboxylic acid groups (broad SMARTS) is 1. The van der Waals surface area contributed by atoms with Crippen LogP contribution in [0.5, 0.6) is 0 Å². The van der Waals surface area contributed by atoms with Crippen LogP contribution < -0.4 is 5.32 Å². The fraction of sp³-hybridized carbons (Fsp3) is 0.667. The first-order valence-corrected chi connectivity index (χ1v) is 5.84. The van der Waals surface area contributed by atoms with Gasteiger partial charge in [0.1, 0.15) is 0 Å². The Hall–Kier alpha value is -1.52. The van der Waals surface area contributed by atoms with Crippen LogP contribution in [0.4, 0.5) is 4.79 Å². The predicted molar refractivity (Wildman–Crippen MR) is 64.7 cm³/mol. The van der Waals surface area contributed by atoms with Crippen LogP contribution >= 0.6 is 0 Å². The number of hydrogen-bond acceptors (Lipinski definition) is 2. The SMILES string of the molecule is C=CCC(C)NC(=O)N1C[C@@H](C)[C@H](C(=O)O)C1. The van der Waals surface area contributed by atoms with E-state index in [1.54, 1.807) is 11.0 Å². The lowest BCUT2D eigenvalue weighted by molar-refractivity contribution is -0.142. The van der Waals surface area contributed by atoms with Crippen molar-refractivity contribution < 1.29 is 14.7 Å². The number of carboxylic acids is 1. The second kappa shape index (κ2) is 5.70. The predicted octanol–water partition coefficient (Wildman–Crippen LogP) is 1.31. The number of likely N-dealkylation sites (tertiary alicyclic amines) is 1. The van der Waals surface area contributed by atoms with Crippen LogP contribution in [0.2, 0.25) is 0 Å². The highest BCUT2D eigenvalue weighted by Crippen LogP contribution is 2.23. The minimum Gasteiger partial charge on any atom is -0.481 e. The smallest absolute Gasteiger partial charge is 0.317 e. The molecule has 0 aromatic heterocycles. The van der Waals surface area contributed by atoms with Gasteiger partial charge in [0, 0.05) is 19.1 Å². The second-order valence-corrected chi connectivity index (χ2v) is 4.70. The van der Waals surface area contributed by atoms with Gasteiger partial charge in [-0.15, -0.1) is 6.58 Å². The molecule has 96 valence electrons. The summed E-state index contributed by atoms with van der Waals surface area (Å²) < 4.78 is 0. The lowest BCUT2D eigenvalue weighted by Gasteiger charge is -2.20. The van der Waals surface area contributed by atoms with Crippen molar-refractivity contribution in [2.24, 2.45) is 11.8 Å². The van der Waals surface area contributed by atoms with Crippen molar-refractivity contribution in [3.05, 3.63) is 12.7 Å². The van der Waals surface area contributed by atoms with Crippen LogP contribution in [0.1, 0.15) is 20.3 Å². The summed E-state index contributed by atoms with van der Waals surface area (Å²) in [6, 6.07) is -0.158. The maximum Gasteiger partial charge on any atom is 0.317 e. The summed E-state index contributed by atoms with van der Waals surface area (Å²) in [5.41, 5.74) is 0. The van der Waals surface area contributed by atoms with Gasteiger partial charge in [0.25, 0.3) is 0 Å². The summed E-state index contributed by atoms with van der Waals surface area (Å²) in [5.74, 6) is -1.27. The van der Waals surface area contributed by atoms with Crippen LogP contribution in [0, 0.1) is 11.8 Å². The third-order valence-electron chi connectivity index (χ3n) is 3.11. The quantitative estimate of drug-likeness (QED) is 0.728. The van der Waals surface area contributed by atoms with Gasteiger partial charge < -0.3 is 15.3 Å². The zero-order valence-electron chi connectivity index (χ0n) is 10.3. The van der Waals surface area contributed by atoms with Gasteiger partial charge in [-0.1, -0.05) is 13.0 Å². The summed E-state index contributed by atoms with van der Waals surface area (Å²) >= 11 is 0. The summed E-state index contributed by atoms with van der Waals surface area (Å²) in [6.45, 7) is 8.17. The summed E-state index contributed by atoms with van der Waals surface area (Å²) in [7, 11) is 0. The molecule has 1 rings (SSSR count). The summed E-state index contributed by atoms with van der Waals surface area (Å²) in [4.78, 5) is 24.3. The van der Waals surface area contributed by atoms with Crippen LogP contribution in [-0.4, -0.2) is 41.1 Å². The molecule has 0 aliphatic carbocycles. The molecule has 1 unspecified atom stereocenters. The van der Waals surface area contributed by atoms with Gasteiger partial charge in [0.05, 0.1) is 5.92 Å². The first kappa shape index (κ1) is 13.5. The van der Waals surface area contributed by atoms with Crippen molar-refractivity contribution in [3.63, 3.8) is 0 Å². The topological polar surface area (TPSA) is 69.6 Å². The molecule has 2 amide bonds. The van der Waals surface area contributed by atoms with Crippen LogP contribution in [-0.2, 0) is 4.79 Å². The van der Waals surface area contributed by atoms with Gasteiger partial charge in [-0.25, -0.2) is 4.79 Å². The van der Waals surface area contributed by atoms with Crippen molar-refractivity contribution >= 4 is 12.0 Å². The van der Waals surface area contributed by atoms with Crippen molar-refractivity contribution in [1.82, 2.24) is 10.2 Å². The number of aliphatic carboxylic acids is 1. The van der Waals surface area contributed by atoms with Gasteiger partial charge in [-0.3, -0.25) is 4.79 Å². The second-order valence-electron chi connectivity index (χ2n) is 4.70. The van der Waals surface area contributed by atoms with E-state index in [0.717, 1.165) is 0 Å². The molecule has 1 aliphatic heterocycles. The number of nitrogens with one attached hydrogen (secondary N) is 1. The number of rotatable bonds is 4. The minimum atomic E-state index is -0.827. The Morgan fingerprint density at radius 2 is 2.24 bits per heavy atom. The van der Waals surface area contributed by atoms with Gasteiger partial charge in [0.2, 0.25) is 0 Å². The van der Waals surface area contributed by atoms with Crippen LogP contribution in [0.15, 0.2) is 12.7 Å². The summed E-state index contributed by atoms with van der Waals surface area (Å²) in [5, 5.41) is 11.8. The van der Waals surface area contributed by atoms with Gasteiger partial charge in [-0.05, 0) is 19.3 Å².